The standard InChI is InChI=1S/C17H22O2/c1-4-5-11-14(13-9-7-6-8-10-13)15-16(12(2)3)19-17(15)18/h6-10,12,16H,4-5,11H2,1-3H3/b15-14-/t16-/m0/s1. The monoisotopic (exact) mass is 258 g/mol. The van der Waals surface area contributed by atoms with Crippen LogP contribution in [-0.4, -0.2) is 12.1 Å². The zero-order valence-electron chi connectivity index (χ0n) is 12.0. The smallest absolute Gasteiger partial charge is 0.338 e. The Bertz CT molecular complexity index is 471. The summed E-state index contributed by atoms with van der Waals surface area (Å²) in [4.78, 5) is 11.8. The molecule has 1 aliphatic heterocycles. The van der Waals surface area contributed by atoms with Crippen LogP contribution in [0, 0.1) is 5.92 Å². The number of hydrogen-bond donors (Lipinski definition) is 0. The largest absolute Gasteiger partial charge is 0.453 e. The molecule has 0 amide bonds. The van der Waals surface area contributed by atoms with Crippen molar-refractivity contribution in [2.75, 3.05) is 0 Å². The molecule has 2 heteroatoms. The fourth-order valence-corrected chi connectivity index (χ4v) is 2.49. The molecule has 0 saturated carbocycles. The van der Waals surface area contributed by atoms with Crippen LogP contribution in [0.5, 0.6) is 0 Å². The van der Waals surface area contributed by atoms with Gasteiger partial charge in [-0.2, -0.15) is 0 Å². The summed E-state index contributed by atoms with van der Waals surface area (Å²) >= 11 is 0. The Morgan fingerprint density at radius 2 is 1.95 bits per heavy atom. The van der Waals surface area contributed by atoms with Gasteiger partial charge < -0.3 is 4.74 Å². The van der Waals surface area contributed by atoms with E-state index in [4.69, 9.17) is 4.74 Å². The molecule has 1 aromatic rings. The first kappa shape index (κ1) is 13.9. The number of carbonyl (C=O) groups is 1. The molecule has 102 valence electrons. The zero-order chi connectivity index (χ0) is 13.8. The molecular weight excluding hydrogens is 236 g/mol. The van der Waals surface area contributed by atoms with Gasteiger partial charge in [-0.3, -0.25) is 0 Å². The number of allylic oxidation sites excluding steroid dienone is 1. The quantitative estimate of drug-likeness (QED) is 0.584. The van der Waals surface area contributed by atoms with Crippen molar-refractivity contribution in [2.45, 2.75) is 46.1 Å². The van der Waals surface area contributed by atoms with Gasteiger partial charge in [-0.05, 0) is 29.9 Å². The Kier molecular flexibility index (Phi) is 4.41. The second kappa shape index (κ2) is 6.05. The van der Waals surface area contributed by atoms with Crippen LogP contribution in [0.15, 0.2) is 35.9 Å². The minimum absolute atomic E-state index is 0.0282. The Balaban J connectivity index is 2.39. The van der Waals surface area contributed by atoms with Gasteiger partial charge in [0.25, 0.3) is 0 Å². The average molecular weight is 258 g/mol. The van der Waals surface area contributed by atoms with Crippen molar-refractivity contribution in [3.63, 3.8) is 0 Å². The number of cyclic esters (lactones) is 1. The third-order valence-corrected chi connectivity index (χ3v) is 3.57. The highest BCUT2D eigenvalue weighted by Gasteiger charge is 2.40. The number of carbonyl (C=O) groups excluding carboxylic acids is 1. The summed E-state index contributed by atoms with van der Waals surface area (Å²) in [5.74, 6) is 0.210. The van der Waals surface area contributed by atoms with Crippen LogP contribution in [0.3, 0.4) is 0 Å². The van der Waals surface area contributed by atoms with Crippen molar-refractivity contribution in [3.05, 3.63) is 41.5 Å². The summed E-state index contributed by atoms with van der Waals surface area (Å²) in [5.41, 5.74) is 3.24. The van der Waals surface area contributed by atoms with Crippen LogP contribution in [0.2, 0.25) is 0 Å². The lowest BCUT2D eigenvalue weighted by Gasteiger charge is -2.34. The maximum Gasteiger partial charge on any atom is 0.338 e. The molecule has 2 rings (SSSR count). The summed E-state index contributed by atoms with van der Waals surface area (Å²) in [6.45, 7) is 6.37. The van der Waals surface area contributed by atoms with E-state index in [0.29, 0.717) is 5.92 Å². The van der Waals surface area contributed by atoms with Crippen molar-refractivity contribution >= 4 is 11.5 Å². The number of benzene rings is 1. The fraction of sp³-hybridized carbons (Fsp3) is 0.471. The molecule has 0 unspecified atom stereocenters. The van der Waals surface area contributed by atoms with E-state index in [1.54, 1.807) is 0 Å². The molecule has 1 aliphatic rings. The van der Waals surface area contributed by atoms with Gasteiger partial charge in [0.1, 0.15) is 6.10 Å². The van der Waals surface area contributed by atoms with Crippen LogP contribution < -0.4 is 0 Å². The highest BCUT2D eigenvalue weighted by Crippen LogP contribution is 2.36. The first-order chi connectivity index (χ1) is 9.15. The molecule has 1 aromatic carbocycles. The van der Waals surface area contributed by atoms with E-state index < -0.39 is 0 Å². The van der Waals surface area contributed by atoms with E-state index in [-0.39, 0.29) is 12.1 Å². The molecule has 0 bridgehead atoms. The lowest BCUT2D eigenvalue weighted by atomic mass is 9.85. The lowest BCUT2D eigenvalue weighted by Crippen LogP contribution is -2.41. The molecule has 1 fully saturated rings. The SMILES string of the molecule is CCCC/C(=C1/C(=O)O[C@H]1C(C)C)c1ccccc1. The minimum Gasteiger partial charge on any atom is -0.453 e. The third-order valence-electron chi connectivity index (χ3n) is 3.57. The van der Waals surface area contributed by atoms with E-state index in [9.17, 15) is 4.79 Å². The van der Waals surface area contributed by atoms with Gasteiger partial charge in [-0.15, -0.1) is 0 Å². The van der Waals surface area contributed by atoms with Gasteiger partial charge in [0.15, 0.2) is 0 Å². The van der Waals surface area contributed by atoms with E-state index in [1.165, 1.54) is 5.57 Å². The van der Waals surface area contributed by atoms with Crippen molar-refractivity contribution in [2.24, 2.45) is 5.92 Å². The molecule has 0 N–H and O–H groups in total. The summed E-state index contributed by atoms with van der Waals surface area (Å²) in [6, 6.07) is 10.2. The normalized spacial score (nSPS) is 21.1. The molecule has 2 nitrogen and oxygen atoms in total. The van der Waals surface area contributed by atoms with Crippen LogP contribution in [0.25, 0.3) is 5.57 Å². The second-order valence-electron chi connectivity index (χ2n) is 5.43. The molecule has 0 aliphatic carbocycles. The van der Waals surface area contributed by atoms with Gasteiger partial charge in [0, 0.05) is 0 Å². The van der Waals surface area contributed by atoms with Crippen LogP contribution in [-0.2, 0) is 9.53 Å². The summed E-state index contributed by atoms with van der Waals surface area (Å²) < 4.78 is 5.30. The van der Waals surface area contributed by atoms with Crippen LogP contribution >= 0.6 is 0 Å². The maximum absolute atomic E-state index is 11.8. The van der Waals surface area contributed by atoms with Gasteiger partial charge in [-0.1, -0.05) is 57.5 Å². The summed E-state index contributed by atoms with van der Waals surface area (Å²) in [7, 11) is 0. The highest BCUT2D eigenvalue weighted by atomic mass is 16.6. The maximum atomic E-state index is 11.8. The van der Waals surface area contributed by atoms with E-state index in [1.807, 2.05) is 18.2 Å². The summed E-state index contributed by atoms with van der Waals surface area (Å²) in [6.07, 6.45) is 3.16. The number of ether oxygens (including phenoxy) is 1. The van der Waals surface area contributed by atoms with Crippen molar-refractivity contribution in [1.29, 1.82) is 0 Å². The minimum atomic E-state index is -0.131. The Hall–Kier alpha value is -1.57. The van der Waals surface area contributed by atoms with Gasteiger partial charge in [-0.25, -0.2) is 4.79 Å². The van der Waals surface area contributed by atoms with Crippen LogP contribution in [0.4, 0.5) is 0 Å². The van der Waals surface area contributed by atoms with Crippen molar-refractivity contribution in [3.8, 4) is 0 Å². The predicted molar refractivity (Wildman–Crippen MR) is 77.6 cm³/mol. The predicted octanol–water partition coefficient (Wildman–Crippen LogP) is 4.21. The zero-order valence-corrected chi connectivity index (χ0v) is 12.0. The molecular formula is C17H22O2. The Labute approximate surface area is 115 Å². The lowest BCUT2D eigenvalue weighted by molar-refractivity contribution is -0.158. The topological polar surface area (TPSA) is 26.3 Å². The van der Waals surface area contributed by atoms with Crippen LogP contribution in [0.1, 0.15) is 45.6 Å². The van der Waals surface area contributed by atoms with Crippen molar-refractivity contribution in [1.82, 2.24) is 0 Å². The van der Waals surface area contributed by atoms with Crippen molar-refractivity contribution < 1.29 is 9.53 Å². The third kappa shape index (κ3) is 2.89. The summed E-state index contributed by atoms with van der Waals surface area (Å²) in [5, 5.41) is 0. The van der Waals surface area contributed by atoms with E-state index >= 15 is 0 Å². The Morgan fingerprint density at radius 1 is 1.26 bits per heavy atom. The molecule has 0 aromatic heterocycles. The molecule has 1 heterocycles. The number of rotatable bonds is 5. The fourth-order valence-electron chi connectivity index (χ4n) is 2.49. The van der Waals surface area contributed by atoms with Gasteiger partial charge in [0.2, 0.25) is 0 Å². The first-order valence-electron chi connectivity index (χ1n) is 7.14. The highest BCUT2D eigenvalue weighted by molar-refractivity contribution is 6.03. The van der Waals surface area contributed by atoms with E-state index in [0.717, 1.165) is 30.4 Å². The molecule has 1 saturated heterocycles. The van der Waals surface area contributed by atoms with E-state index in [2.05, 4.69) is 32.9 Å². The molecule has 0 radical (unpaired) electrons. The number of hydrogen-bond acceptors (Lipinski definition) is 2. The number of esters is 1. The molecule has 19 heavy (non-hydrogen) atoms. The number of unbranched alkanes of at least 4 members (excludes halogenated alkanes) is 1. The van der Waals surface area contributed by atoms with Gasteiger partial charge >= 0.3 is 5.97 Å². The molecule has 1 atom stereocenters. The Morgan fingerprint density at radius 3 is 2.47 bits per heavy atom. The molecule has 0 spiro atoms. The second-order valence-corrected chi connectivity index (χ2v) is 5.43. The average Bonchev–Trinajstić information content (AvgIpc) is 2.41. The van der Waals surface area contributed by atoms with Gasteiger partial charge in [0.05, 0.1) is 5.57 Å². The first-order valence-corrected chi connectivity index (χ1v) is 7.14.